The molecule has 0 aliphatic heterocycles. The van der Waals surface area contributed by atoms with E-state index in [1.54, 1.807) is 7.05 Å². The van der Waals surface area contributed by atoms with E-state index in [1.165, 1.54) is 0 Å². The third-order valence-electron chi connectivity index (χ3n) is 2.66. The highest BCUT2D eigenvalue weighted by molar-refractivity contribution is 7.99. The van der Waals surface area contributed by atoms with E-state index < -0.39 is 0 Å². The fraction of sp³-hybridized carbons (Fsp3) is 0.667. The number of guanidine groups is 1. The Morgan fingerprint density at radius 3 is 2.67 bits per heavy atom. The smallest absolute Gasteiger partial charge is 0.214 e. The number of oxazole rings is 1. The Morgan fingerprint density at radius 1 is 1.44 bits per heavy atom. The van der Waals surface area contributed by atoms with E-state index in [2.05, 4.69) is 33.8 Å². The maximum atomic E-state index is 5.50. The second-order valence-corrected chi connectivity index (χ2v) is 5.38. The van der Waals surface area contributed by atoms with Crippen LogP contribution in [0.2, 0.25) is 0 Å². The van der Waals surface area contributed by atoms with Gasteiger partial charge in [0.05, 0.1) is 12.2 Å². The van der Waals surface area contributed by atoms with Crippen molar-refractivity contribution >= 4 is 17.7 Å². The van der Waals surface area contributed by atoms with Crippen LogP contribution in [0.5, 0.6) is 0 Å². The molecular formula is C12H22N4OS. The monoisotopic (exact) mass is 270 g/mol. The Morgan fingerprint density at radius 2 is 2.17 bits per heavy atom. The molecule has 1 aromatic rings. The topological polar surface area (TPSA) is 62.5 Å². The first-order valence-corrected chi connectivity index (χ1v) is 7.25. The van der Waals surface area contributed by atoms with E-state index in [1.807, 2.05) is 25.6 Å². The number of aryl methyl sites for hydroxylation is 2. The van der Waals surface area contributed by atoms with Gasteiger partial charge in [0, 0.05) is 18.8 Å². The summed E-state index contributed by atoms with van der Waals surface area (Å²) in [6.45, 7) is 7.45. The predicted octanol–water partition coefficient (Wildman–Crippen LogP) is 1.71. The standard InChI is InChI=1S/C12H22N4OS/c1-8(18-5)6-14-12(13-4)15-7-11-16-9(2)10(3)17-11/h8H,6-7H2,1-5H3,(H2,13,14,15). The normalized spacial score (nSPS) is 13.5. The number of hydrogen-bond acceptors (Lipinski definition) is 4. The third-order valence-corrected chi connectivity index (χ3v) is 3.63. The lowest BCUT2D eigenvalue weighted by Crippen LogP contribution is -2.39. The number of aliphatic imine (C=N–C) groups is 1. The second kappa shape index (κ2) is 7.31. The summed E-state index contributed by atoms with van der Waals surface area (Å²) in [5, 5.41) is 6.99. The van der Waals surface area contributed by atoms with Crippen LogP contribution in [0, 0.1) is 13.8 Å². The van der Waals surface area contributed by atoms with Gasteiger partial charge in [0.2, 0.25) is 5.89 Å². The van der Waals surface area contributed by atoms with E-state index in [-0.39, 0.29) is 0 Å². The van der Waals surface area contributed by atoms with Crippen molar-refractivity contribution in [3.05, 3.63) is 17.3 Å². The largest absolute Gasteiger partial charge is 0.444 e. The maximum Gasteiger partial charge on any atom is 0.214 e. The van der Waals surface area contributed by atoms with Crippen LogP contribution in [0.4, 0.5) is 0 Å². The first-order chi connectivity index (χ1) is 8.56. The van der Waals surface area contributed by atoms with Crippen LogP contribution < -0.4 is 10.6 Å². The summed E-state index contributed by atoms with van der Waals surface area (Å²) < 4.78 is 5.50. The molecule has 0 aliphatic rings. The van der Waals surface area contributed by atoms with Gasteiger partial charge in [-0.1, -0.05) is 6.92 Å². The zero-order valence-electron chi connectivity index (χ0n) is 11.7. The van der Waals surface area contributed by atoms with Gasteiger partial charge in [-0.25, -0.2) is 4.98 Å². The highest BCUT2D eigenvalue weighted by Gasteiger charge is 2.07. The fourth-order valence-electron chi connectivity index (χ4n) is 1.32. The van der Waals surface area contributed by atoms with Gasteiger partial charge in [-0.3, -0.25) is 4.99 Å². The van der Waals surface area contributed by atoms with Gasteiger partial charge in [0.1, 0.15) is 5.76 Å². The van der Waals surface area contributed by atoms with Crippen LogP contribution in [0.25, 0.3) is 0 Å². The first kappa shape index (κ1) is 14.9. The van der Waals surface area contributed by atoms with Gasteiger partial charge < -0.3 is 15.1 Å². The highest BCUT2D eigenvalue weighted by atomic mass is 32.2. The minimum atomic E-state index is 0.544. The van der Waals surface area contributed by atoms with Crippen molar-refractivity contribution in [3.8, 4) is 0 Å². The third kappa shape index (κ3) is 4.60. The molecule has 0 bridgehead atoms. The van der Waals surface area contributed by atoms with Gasteiger partial charge >= 0.3 is 0 Å². The molecule has 0 amide bonds. The lowest BCUT2D eigenvalue weighted by molar-refractivity contribution is 0.464. The molecule has 0 saturated carbocycles. The quantitative estimate of drug-likeness (QED) is 0.630. The molecule has 6 heteroatoms. The molecule has 0 aromatic carbocycles. The summed E-state index contributed by atoms with van der Waals surface area (Å²) in [6, 6.07) is 0. The number of aromatic nitrogens is 1. The fourth-order valence-corrected chi connectivity index (χ4v) is 1.57. The molecule has 0 aliphatic carbocycles. The lowest BCUT2D eigenvalue weighted by Gasteiger charge is -2.13. The summed E-state index contributed by atoms with van der Waals surface area (Å²) in [4.78, 5) is 8.47. The molecule has 1 heterocycles. The number of nitrogens with one attached hydrogen (secondary N) is 2. The van der Waals surface area contributed by atoms with Gasteiger partial charge in [0.15, 0.2) is 5.96 Å². The molecule has 18 heavy (non-hydrogen) atoms. The van der Waals surface area contributed by atoms with Crippen molar-refractivity contribution in [1.29, 1.82) is 0 Å². The molecule has 1 rings (SSSR count). The minimum absolute atomic E-state index is 0.544. The first-order valence-electron chi connectivity index (χ1n) is 5.97. The number of thioether (sulfide) groups is 1. The van der Waals surface area contributed by atoms with Crippen LogP contribution in [0.1, 0.15) is 24.3 Å². The van der Waals surface area contributed by atoms with Crippen molar-refractivity contribution in [2.24, 2.45) is 4.99 Å². The number of rotatable bonds is 5. The molecule has 5 nitrogen and oxygen atoms in total. The van der Waals surface area contributed by atoms with E-state index in [0.717, 1.165) is 24.0 Å². The Hall–Kier alpha value is -1.17. The number of nitrogens with zero attached hydrogens (tertiary/aromatic N) is 2. The molecule has 0 saturated heterocycles. The van der Waals surface area contributed by atoms with Gasteiger partial charge in [0.25, 0.3) is 0 Å². The minimum Gasteiger partial charge on any atom is -0.444 e. The maximum absolute atomic E-state index is 5.50. The zero-order valence-corrected chi connectivity index (χ0v) is 12.5. The summed E-state index contributed by atoms with van der Waals surface area (Å²) in [7, 11) is 1.76. The van der Waals surface area contributed by atoms with Crippen LogP contribution in [0.15, 0.2) is 9.41 Å². The van der Waals surface area contributed by atoms with E-state index in [9.17, 15) is 0 Å². The van der Waals surface area contributed by atoms with Crippen LogP contribution in [-0.4, -0.2) is 36.0 Å². The van der Waals surface area contributed by atoms with Crippen molar-refractivity contribution in [2.45, 2.75) is 32.6 Å². The van der Waals surface area contributed by atoms with E-state index in [4.69, 9.17) is 4.42 Å². The Bertz CT molecular complexity index is 383. The van der Waals surface area contributed by atoms with E-state index in [0.29, 0.717) is 17.7 Å². The SMILES string of the molecule is CN=C(NCc1nc(C)c(C)o1)NCC(C)SC. The molecule has 2 N–H and O–H groups in total. The molecule has 0 fully saturated rings. The van der Waals surface area contributed by atoms with Crippen LogP contribution in [-0.2, 0) is 6.54 Å². The van der Waals surface area contributed by atoms with Crippen molar-refractivity contribution in [1.82, 2.24) is 15.6 Å². The second-order valence-electron chi connectivity index (χ2n) is 4.10. The number of hydrogen-bond donors (Lipinski definition) is 2. The van der Waals surface area contributed by atoms with Crippen LogP contribution >= 0.6 is 11.8 Å². The summed E-state index contributed by atoms with van der Waals surface area (Å²) >= 11 is 1.82. The van der Waals surface area contributed by atoms with Gasteiger partial charge in [-0.2, -0.15) is 11.8 Å². The van der Waals surface area contributed by atoms with Crippen molar-refractivity contribution in [3.63, 3.8) is 0 Å². The molecule has 1 atom stereocenters. The molecule has 102 valence electrons. The summed E-state index contributed by atoms with van der Waals surface area (Å²) in [5.41, 5.74) is 0.936. The molecular weight excluding hydrogens is 248 g/mol. The molecule has 1 aromatic heterocycles. The Kier molecular flexibility index (Phi) is 6.04. The van der Waals surface area contributed by atoms with E-state index >= 15 is 0 Å². The van der Waals surface area contributed by atoms with Crippen molar-refractivity contribution < 1.29 is 4.42 Å². The zero-order chi connectivity index (χ0) is 13.5. The summed E-state index contributed by atoms with van der Waals surface area (Å²) in [6.07, 6.45) is 2.10. The molecule has 1 unspecified atom stereocenters. The lowest BCUT2D eigenvalue weighted by atomic mass is 10.4. The summed E-state index contributed by atoms with van der Waals surface area (Å²) in [5.74, 6) is 2.32. The van der Waals surface area contributed by atoms with Gasteiger partial charge in [-0.05, 0) is 20.1 Å². The van der Waals surface area contributed by atoms with Gasteiger partial charge in [-0.15, -0.1) is 0 Å². The van der Waals surface area contributed by atoms with Crippen LogP contribution in [0.3, 0.4) is 0 Å². The molecule has 0 spiro atoms. The molecule has 0 radical (unpaired) electrons. The average Bonchev–Trinajstić information content (AvgIpc) is 2.68. The average molecular weight is 270 g/mol. The van der Waals surface area contributed by atoms with Crippen molar-refractivity contribution in [2.75, 3.05) is 19.8 Å². The predicted molar refractivity (Wildman–Crippen MR) is 77.2 cm³/mol. The Labute approximate surface area is 113 Å². The Balaban J connectivity index is 2.40. The highest BCUT2D eigenvalue weighted by Crippen LogP contribution is 2.07.